The summed E-state index contributed by atoms with van der Waals surface area (Å²) in [5, 5.41) is 4.94. The van der Waals surface area contributed by atoms with Crippen molar-refractivity contribution < 1.29 is 0 Å². The molecule has 1 aliphatic carbocycles. The van der Waals surface area contributed by atoms with E-state index in [1.165, 1.54) is 88.3 Å². The highest BCUT2D eigenvalue weighted by atomic mass is 15.1. The molecule has 0 saturated heterocycles. The second kappa shape index (κ2) is 14.4. The number of anilines is 3. The van der Waals surface area contributed by atoms with E-state index in [4.69, 9.17) is 0 Å². The summed E-state index contributed by atoms with van der Waals surface area (Å²) in [5.41, 5.74) is 18.6. The first-order chi connectivity index (χ1) is 29.5. The molecule has 284 valence electrons. The Kier molecular flexibility index (Phi) is 8.57. The van der Waals surface area contributed by atoms with Crippen LogP contribution in [-0.2, 0) is 5.41 Å². The van der Waals surface area contributed by atoms with E-state index in [-0.39, 0.29) is 5.41 Å². The molecule has 0 unspecified atom stereocenters. The monoisotopic (exact) mass is 765 g/mol. The molecular formula is C59H43N. The van der Waals surface area contributed by atoms with Crippen LogP contribution in [0.15, 0.2) is 224 Å². The first-order valence-electron chi connectivity index (χ1n) is 20.9. The molecule has 0 N–H and O–H groups in total. The zero-order valence-corrected chi connectivity index (χ0v) is 33.8. The van der Waals surface area contributed by atoms with Gasteiger partial charge >= 0.3 is 0 Å². The molecule has 1 nitrogen and oxygen atoms in total. The van der Waals surface area contributed by atoms with Gasteiger partial charge in [0.2, 0.25) is 0 Å². The number of hydrogen-bond donors (Lipinski definition) is 0. The maximum Gasteiger partial charge on any atom is 0.0540 e. The van der Waals surface area contributed by atoms with Gasteiger partial charge in [-0.15, -0.1) is 0 Å². The van der Waals surface area contributed by atoms with Crippen molar-refractivity contribution in [1.82, 2.24) is 0 Å². The van der Waals surface area contributed by atoms with Gasteiger partial charge in [-0.1, -0.05) is 202 Å². The van der Waals surface area contributed by atoms with E-state index in [1.807, 2.05) is 0 Å². The van der Waals surface area contributed by atoms with Gasteiger partial charge < -0.3 is 4.90 Å². The lowest BCUT2D eigenvalue weighted by molar-refractivity contribution is 0.660. The number of benzene rings is 10. The van der Waals surface area contributed by atoms with Crippen LogP contribution in [0.1, 0.15) is 25.0 Å². The normalized spacial score (nSPS) is 12.6. The summed E-state index contributed by atoms with van der Waals surface area (Å²) >= 11 is 0. The maximum atomic E-state index is 2.40. The Bertz CT molecular complexity index is 3200. The Balaban J connectivity index is 1.01. The zero-order chi connectivity index (χ0) is 40.2. The zero-order valence-electron chi connectivity index (χ0n) is 33.8. The second-order valence-corrected chi connectivity index (χ2v) is 16.5. The van der Waals surface area contributed by atoms with Crippen LogP contribution < -0.4 is 4.90 Å². The molecule has 60 heavy (non-hydrogen) atoms. The van der Waals surface area contributed by atoms with Gasteiger partial charge in [-0.3, -0.25) is 0 Å². The first-order valence-corrected chi connectivity index (χ1v) is 20.9. The average Bonchev–Trinajstić information content (AvgIpc) is 3.55. The molecule has 0 bridgehead atoms. The van der Waals surface area contributed by atoms with Gasteiger partial charge in [0.15, 0.2) is 0 Å². The molecule has 0 saturated carbocycles. The predicted molar refractivity (Wildman–Crippen MR) is 255 cm³/mol. The van der Waals surface area contributed by atoms with E-state index in [0.717, 1.165) is 17.1 Å². The molecule has 1 aliphatic rings. The summed E-state index contributed by atoms with van der Waals surface area (Å²) in [5.74, 6) is 0. The smallest absolute Gasteiger partial charge is 0.0540 e. The minimum atomic E-state index is -0.0602. The number of hydrogen-bond acceptors (Lipinski definition) is 1. The summed E-state index contributed by atoms with van der Waals surface area (Å²) in [6.45, 7) is 4.71. The highest BCUT2D eigenvalue weighted by molar-refractivity contribution is 6.01. The molecule has 10 aromatic carbocycles. The lowest BCUT2D eigenvalue weighted by Gasteiger charge is -2.27. The summed E-state index contributed by atoms with van der Waals surface area (Å²) in [4.78, 5) is 2.40. The Labute approximate surface area is 352 Å². The van der Waals surface area contributed by atoms with E-state index >= 15 is 0 Å². The SMILES string of the molecule is CC1(C)c2ccccc2-c2c(-c3ccc(-c4ccc(N(c5ccc(-c6cccc7ccccc67)cc5)c5cccc6ccccc56)cc4)cc3-c3ccccc3)cccc21. The third-order valence-corrected chi connectivity index (χ3v) is 12.7. The molecule has 0 spiro atoms. The second-order valence-electron chi connectivity index (χ2n) is 16.5. The Morgan fingerprint density at radius 2 is 0.833 bits per heavy atom. The topological polar surface area (TPSA) is 3.24 Å². The van der Waals surface area contributed by atoms with Crippen LogP contribution in [-0.4, -0.2) is 0 Å². The molecule has 11 rings (SSSR count). The fraction of sp³-hybridized carbons (Fsp3) is 0.0508. The molecule has 1 heteroatoms. The lowest BCUT2D eigenvalue weighted by Crippen LogP contribution is -2.14. The van der Waals surface area contributed by atoms with Crippen molar-refractivity contribution >= 4 is 38.6 Å². The molecular weight excluding hydrogens is 723 g/mol. The van der Waals surface area contributed by atoms with Gasteiger partial charge in [-0.05, 0) is 119 Å². The Hall–Kier alpha value is -7.48. The molecule has 0 aromatic heterocycles. The fourth-order valence-corrected chi connectivity index (χ4v) is 9.69. The highest BCUT2D eigenvalue weighted by Crippen LogP contribution is 2.53. The minimum absolute atomic E-state index is 0.0602. The number of rotatable bonds is 7. The van der Waals surface area contributed by atoms with Crippen LogP contribution in [0.4, 0.5) is 17.1 Å². The predicted octanol–water partition coefficient (Wildman–Crippen LogP) is 16.4. The van der Waals surface area contributed by atoms with Crippen LogP contribution in [0.3, 0.4) is 0 Å². The maximum absolute atomic E-state index is 2.40. The average molecular weight is 766 g/mol. The Morgan fingerprint density at radius 3 is 1.60 bits per heavy atom. The van der Waals surface area contributed by atoms with Crippen molar-refractivity contribution in [2.45, 2.75) is 19.3 Å². The van der Waals surface area contributed by atoms with E-state index < -0.39 is 0 Å². The lowest BCUT2D eigenvalue weighted by atomic mass is 9.81. The van der Waals surface area contributed by atoms with Crippen molar-refractivity contribution in [2.24, 2.45) is 0 Å². The van der Waals surface area contributed by atoms with Crippen molar-refractivity contribution in [3.63, 3.8) is 0 Å². The Morgan fingerprint density at radius 1 is 0.317 bits per heavy atom. The summed E-state index contributed by atoms with van der Waals surface area (Å²) in [6, 6.07) is 82.3. The van der Waals surface area contributed by atoms with E-state index in [0.29, 0.717) is 0 Å². The molecule has 0 aliphatic heterocycles. The highest BCUT2D eigenvalue weighted by Gasteiger charge is 2.36. The fourth-order valence-electron chi connectivity index (χ4n) is 9.69. The molecule has 0 amide bonds. The number of nitrogens with zero attached hydrogens (tertiary/aromatic N) is 1. The van der Waals surface area contributed by atoms with Crippen molar-refractivity contribution in [2.75, 3.05) is 4.90 Å². The molecule has 10 aromatic rings. The largest absolute Gasteiger partial charge is 0.310 e. The van der Waals surface area contributed by atoms with E-state index in [2.05, 4.69) is 243 Å². The van der Waals surface area contributed by atoms with Gasteiger partial charge in [0.25, 0.3) is 0 Å². The van der Waals surface area contributed by atoms with Crippen LogP contribution >= 0.6 is 0 Å². The molecule has 0 radical (unpaired) electrons. The van der Waals surface area contributed by atoms with Crippen LogP contribution in [0, 0.1) is 0 Å². The molecule has 0 fully saturated rings. The van der Waals surface area contributed by atoms with Gasteiger partial charge in [0.05, 0.1) is 5.69 Å². The summed E-state index contributed by atoms with van der Waals surface area (Å²) in [6.07, 6.45) is 0. The standard InChI is InChI=1S/C59H43N/c1-59(2)55-26-11-10-23-53(55)58-52(25-14-27-56(58)59)51-38-33-45(39-54(51)43-15-4-3-5-16-43)40-29-34-46(35-30-40)60(57-28-13-20-42-18-7-9-22-50(42)57)47-36-31-44(32-37-47)49-24-12-19-41-17-6-8-21-48(41)49/h3-39H,1-2H3. The number of fused-ring (bicyclic) bond motifs is 5. The summed E-state index contributed by atoms with van der Waals surface area (Å²) < 4.78 is 0. The van der Waals surface area contributed by atoms with Crippen molar-refractivity contribution in [1.29, 1.82) is 0 Å². The quantitative estimate of drug-likeness (QED) is 0.156. The molecule has 0 heterocycles. The molecule has 0 atom stereocenters. The first kappa shape index (κ1) is 35.7. The third kappa shape index (κ3) is 5.93. The van der Waals surface area contributed by atoms with E-state index in [1.54, 1.807) is 0 Å². The van der Waals surface area contributed by atoms with Crippen LogP contribution in [0.2, 0.25) is 0 Å². The van der Waals surface area contributed by atoms with Gasteiger partial charge in [-0.25, -0.2) is 0 Å². The van der Waals surface area contributed by atoms with Gasteiger partial charge in [0.1, 0.15) is 0 Å². The van der Waals surface area contributed by atoms with Crippen LogP contribution in [0.5, 0.6) is 0 Å². The summed E-state index contributed by atoms with van der Waals surface area (Å²) in [7, 11) is 0. The van der Waals surface area contributed by atoms with Crippen LogP contribution in [0.25, 0.3) is 77.2 Å². The van der Waals surface area contributed by atoms with Gasteiger partial charge in [-0.2, -0.15) is 0 Å². The van der Waals surface area contributed by atoms with Gasteiger partial charge in [0, 0.05) is 22.2 Å². The van der Waals surface area contributed by atoms with Crippen molar-refractivity contribution in [3.8, 4) is 55.6 Å². The third-order valence-electron chi connectivity index (χ3n) is 12.7. The minimum Gasteiger partial charge on any atom is -0.310 e. The van der Waals surface area contributed by atoms with Crippen molar-refractivity contribution in [3.05, 3.63) is 236 Å². The van der Waals surface area contributed by atoms with E-state index in [9.17, 15) is 0 Å².